The van der Waals surface area contributed by atoms with Gasteiger partial charge in [0.15, 0.2) is 9.47 Å². The van der Waals surface area contributed by atoms with E-state index in [1.807, 2.05) is 35.7 Å². The van der Waals surface area contributed by atoms with Crippen molar-refractivity contribution >= 4 is 50.6 Å². The summed E-state index contributed by atoms with van der Waals surface area (Å²) >= 11 is 4.14. The van der Waals surface area contributed by atoms with Crippen molar-refractivity contribution in [3.8, 4) is 11.3 Å². The van der Waals surface area contributed by atoms with Gasteiger partial charge in [-0.25, -0.2) is 9.37 Å². The average molecular weight is 472 g/mol. The molecule has 2 aromatic carbocycles. The normalized spacial score (nSPS) is 10.8. The Kier molecular flexibility index (Phi) is 6.90. The Balaban J connectivity index is 1.55. The number of carbonyl (C=O) groups is 1. The SMILES string of the molecule is CNc1nnc(SCC(=O)N(Cc2ccc(F)cc2)c2nc(-c3ccccc3)cs2)s1. The Hall–Kier alpha value is -2.82. The molecule has 6 nitrogen and oxygen atoms in total. The lowest BCUT2D eigenvalue weighted by Gasteiger charge is -2.19. The minimum atomic E-state index is -0.311. The highest BCUT2D eigenvalue weighted by Crippen LogP contribution is 2.30. The van der Waals surface area contributed by atoms with Crippen LogP contribution in [0.1, 0.15) is 5.56 Å². The molecule has 4 aromatic rings. The van der Waals surface area contributed by atoms with Crippen molar-refractivity contribution in [1.29, 1.82) is 0 Å². The van der Waals surface area contributed by atoms with Gasteiger partial charge in [-0.1, -0.05) is 65.6 Å². The lowest BCUT2D eigenvalue weighted by molar-refractivity contribution is -0.116. The van der Waals surface area contributed by atoms with Gasteiger partial charge in [-0.2, -0.15) is 0 Å². The summed E-state index contributed by atoms with van der Waals surface area (Å²) in [7, 11) is 1.78. The molecule has 0 aliphatic carbocycles. The standard InChI is InChI=1S/C21H18FN5OS3/c1-23-19-25-26-21(31-19)30-13-18(28)27(11-14-7-9-16(22)10-8-14)20-24-17(12-29-20)15-5-3-2-4-6-15/h2-10,12H,11,13H2,1H3,(H,23,25). The van der Waals surface area contributed by atoms with Gasteiger partial charge in [0.2, 0.25) is 11.0 Å². The molecule has 0 spiro atoms. The highest BCUT2D eigenvalue weighted by atomic mass is 32.2. The molecule has 1 N–H and O–H groups in total. The number of thiazole rings is 1. The predicted octanol–water partition coefficient (Wildman–Crippen LogP) is 5.17. The van der Waals surface area contributed by atoms with Gasteiger partial charge in [-0.3, -0.25) is 9.69 Å². The zero-order valence-electron chi connectivity index (χ0n) is 16.5. The van der Waals surface area contributed by atoms with E-state index >= 15 is 0 Å². The first kappa shape index (κ1) is 21.4. The second-order valence-corrected chi connectivity index (χ2v) is 9.44. The Morgan fingerprint density at radius 3 is 2.61 bits per heavy atom. The van der Waals surface area contributed by atoms with Crippen molar-refractivity contribution in [2.45, 2.75) is 10.9 Å². The molecule has 0 atom stereocenters. The fraction of sp³-hybridized carbons (Fsp3) is 0.143. The van der Waals surface area contributed by atoms with E-state index in [2.05, 4.69) is 15.5 Å². The van der Waals surface area contributed by atoms with Crippen LogP contribution in [0.15, 0.2) is 64.3 Å². The van der Waals surface area contributed by atoms with Gasteiger partial charge in [-0.15, -0.1) is 21.5 Å². The maximum absolute atomic E-state index is 13.3. The third-order valence-electron chi connectivity index (χ3n) is 4.29. The van der Waals surface area contributed by atoms with Crippen LogP contribution in [-0.4, -0.2) is 33.9 Å². The lowest BCUT2D eigenvalue weighted by atomic mass is 10.2. The van der Waals surface area contributed by atoms with Crippen LogP contribution in [0, 0.1) is 5.82 Å². The van der Waals surface area contributed by atoms with Crippen LogP contribution in [0.25, 0.3) is 11.3 Å². The molecule has 0 bridgehead atoms. The number of carbonyl (C=O) groups excluding carboxylic acids is 1. The summed E-state index contributed by atoms with van der Waals surface area (Å²) < 4.78 is 14.0. The predicted molar refractivity (Wildman–Crippen MR) is 125 cm³/mol. The van der Waals surface area contributed by atoms with Crippen molar-refractivity contribution in [3.05, 3.63) is 71.4 Å². The fourth-order valence-corrected chi connectivity index (χ4v) is 5.17. The van der Waals surface area contributed by atoms with Crippen molar-refractivity contribution in [2.24, 2.45) is 0 Å². The summed E-state index contributed by atoms with van der Waals surface area (Å²) in [5.74, 6) is -0.223. The first-order valence-electron chi connectivity index (χ1n) is 9.32. The first-order valence-corrected chi connectivity index (χ1v) is 12.0. The molecular weight excluding hydrogens is 453 g/mol. The summed E-state index contributed by atoms with van der Waals surface area (Å²) in [6.07, 6.45) is 0. The van der Waals surface area contributed by atoms with Gasteiger partial charge in [0.1, 0.15) is 5.82 Å². The summed E-state index contributed by atoms with van der Waals surface area (Å²) in [5, 5.41) is 14.2. The van der Waals surface area contributed by atoms with Crippen molar-refractivity contribution in [3.63, 3.8) is 0 Å². The molecule has 2 aromatic heterocycles. The number of hydrogen-bond donors (Lipinski definition) is 1. The second kappa shape index (κ2) is 9.99. The Bertz CT molecular complexity index is 1150. The average Bonchev–Trinajstić information content (AvgIpc) is 3.47. The van der Waals surface area contributed by atoms with Gasteiger partial charge >= 0.3 is 0 Å². The number of nitrogens with one attached hydrogen (secondary N) is 1. The van der Waals surface area contributed by atoms with Crippen LogP contribution < -0.4 is 10.2 Å². The van der Waals surface area contributed by atoms with Crippen LogP contribution in [0.5, 0.6) is 0 Å². The molecule has 4 rings (SSSR count). The lowest BCUT2D eigenvalue weighted by Crippen LogP contribution is -2.31. The largest absolute Gasteiger partial charge is 0.363 e. The number of anilines is 2. The van der Waals surface area contributed by atoms with E-state index in [9.17, 15) is 9.18 Å². The number of benzene rings is 2. The van der Waals surface area contributed by atoms with Gasteiger partial charge in [0.25, 0.3) is 0 Å². The Morgan fingerprint density at radius 2 is 1.90 bits per heavy atom. The molecule has 0 saturated heterocycles. The van der Waals surface area contributed by atoms with Gasteiger partial charge in [-0.05, 0) is 17.7 Å². The van der Waals surface area contributed by atoms with Gasteiger partial charge < -0.3 is 5.32 Å². The third-order valence-corrected chi connectivity index (χ3v) is 7.21. The first-order chi connectivity index (χ1) is 15.1. The molecule has 10 heteroatoms. The smallest absolute Gasteiger partial charge is 0.239 e. The van der Waals surface area contributed by atoms with E-state index < -0.39 is 0 Å². The minimum absolute atomic E-state index is 0.107. The molecule has 158 valence electrons. The Morgan fingerprint density at radius 1 is 1.13 bits per heavy atom. The van der Waals surface area contributed by atoms with Crippen molar-refractivity contribution < 1.29 is 9.18 Å². The van der Waals surface area contributed by atoms with E-state index in [0.717, 1.165) is 16.8 Å². The summed E-state index contributed by atoms with van der Waals surface area (Å²) in [6.45, 7) is 0.305. The topological polar surface area (TPSA) is 71.0 Å². The number of aromatic nitrogens is 3. The minimum Gasteiger partial charge on any atom is -0.363 e. The summed E-state index contributed by atoms with van der Waals surface area (Å²) in [6, 6.07) is 16.0. The highest BCUT2D eigenvalue weighted by molar-refractivity contribution is 8.01. The zero-order valence-corrected chi connectivity index (χ0v) is 18.9. The summed E-state index contributed by atoms with van der Waals surface area (Å²) in [4.78, 5) is 19.5. The highest BCUT2D eigenvalue weighted by Gasteiger charge is 2.21. The molecule has 0 unspecified atom stereocenters. The van der Waals surface area contributed by atoms with Crippen LogP contribution in [0.2, 0.25) is 0 Å². The van der Waals surface area contributed by atoms with Crippen LogP contribution in [0.4, 0.5) is 14.7 Å². The van der Waals surface area contributed by atoms with E-state index in [4.69, 9.17) is 4.98 Å². The Labute approximate surface area is 191 Å². The van der Waals surface area contributed by atoms with E-state index in [1.165, 1.54) is 46.6 Å². The molecule has 0 aliphatic rings. The quantitative estimate of drug-likeness (QED) is 0.358. The van der Waals surface area contributed by atoms with Crippen molar-refractivity contribution in [1.82, 2.24) is 15.2 Å². The monoisotopic (exact) mass is 471 g/mol. The van der Waals surface area contributed by atoms with Crippen LogP contribution in [-0.2, 0) is 11.3 Å². The number of hydrogen-bond acceptors (Lipinski definition) is 8. The van der Waals surface area contributed by atoms with Crippen LogP contribution in [0.3, 0.4) is 0 Å². The molecule has 2 heterocycles. The molecule has 31 heavy (non-hydrogen) atoms. The van der Waals surface area contributed by atoms with E-state index in [1.54, 1.807) is 24.1 Å². The zero-order chi connectivity index (χ0) is 21.6. The molecule has 0 fully saturated rings. The van der Waals surface area contributed by atoms with Gasteiger partial charge in [0.05, 0.1) is 18.0 Å². The maximum Gasteiger partial charge on any atom is 0.239 e. The molecule has 0 radical (unpaired) electrons. The van der Waals surface area contributed by atoms with E-state index in [-0.39, 0.29) is 17.5 Å². The maximum atomic E-state index is 13.3. The van der Waals surface area contributed by atoms with Gasteiger partial charge in [0, 0.05) is 18.0 Å². The van der Waals surface area contributed by atoms with E-state index in [0.29, 0.717) is 21.1 Å². The number of halogens is 1. The number of nitrogens with zero attached hydrogens (tertiary/aromatic N) is 4. The summed E-state index contributed by atoms with van der Waals surface area (Å²) in [5.41, 5.74) is 2.62. The fourth-order valence-electron chi connectivity index (χ4n) is 2.74. The third kappa shape index (κ3) is 5.46. The molecule has 1 amide bonds. The van der Waals surface area contributed by atoms with Crippen molar-refractivity contribution in [2.75, 3.05) is 23.0 Å². The van der Waals surface area contributed by atoms with Crippen LogP contribution >= 0.6 is 34.4 Å². The molecular formula is C21H18FN5OS3. The number of rotatable bonds is 8. The molecule has 0 aliphatic heterocycles. The second-order valence-electron chi connectivity index (χ2n) is 6.40. The number of thioether (sulfide) groups is 1. The molecule has 0 saturated carbocycles. The number of amides is 1.